The predicted octanol–water partition coefficient (Wildman–Crippen LogP) is 3.79. The van der Waals surface area contributed by atoms with Gasteiger partial charge in [0.25, 0.3) is 0 Å². The quantitative estimate of drug-likeness (QED) is 0.808. The van der Waals surface area contributed by atoms with Crippen molar-refractivity contribution in [2.45, 2.75) is 13.8 Å². The van der Waals surface area contributed by atoms with Crippen molar-refractivity contribution in [1.82, 2.24) is 0 Å². The molecule has 0 unspecified atom stereocenters. The Hall–Kier alpha value is -2.53. The fourth-order valence-electron chi connectivity index (χ4n) is 2.11. The molecule has 0 saturated heterocycles. The first-order valence-electron chi connectivity index (χ1n) is 7.39. The third-order valence-electron chi connectivity index (χ3n) is 3.62. The molecule has 2 aromatic carbocycles. The first kappa shape index (κ1) is 17.8. The largest absolute Gasteiger partial charge is 0.465 e. The molecule has 1 amide bonds. The lowest BCUT2D eigenvalue weighted by atomic mass is 10.1. The van der Waals surface area contributed by atoms with Crippen LogP contribution in [0.3, 0.4) is 0 Å². The van der Waals surface area contributed by atoms with Crippen molar-refractivity contribution in [3.63, 3.8) is 0 Å². The van der Waals surface area contributed by atoms with Crippen molar-refractivity contribution >= 4 is 34.9 Å². The van der Waals surface area contributed by atoms with Crippen molar-refractivity contribution in [2.24, 2.45) is 0 Å². The van der Waals surface area contributed by atoms with Gasteiger partial charge in [0.2, 0.25) is 5.91 Å². The maximum absolute atomic E-state index is 12.1. The molecule has 0 aliphatic carbocycles. The molecule has 0 heterocycles. The molecule has 0 aliphatic rings. The van der Waals surface area contributed by atoms with Crippen molar-refractivity contribution in [1.29, 1.82) is 0 Å². The smallest absolute Gasteiger partial charge is 0.337 e. The Kier molecular flexibility index (Phi) is 5.82. The van der Waals surface area contributed by atoms with E-state index in [-0.39, 0.29) is 12.5 Å². The van der Waals surface area contributed by atoms with E-state index in [2.05, 4.69) is 15.4 Å². The minimum atomic E-state index is -0.464. The van der Waals surface area contributed by atoms with Gasteiger partial charge in [-0.3, -0.25) is 4.79 Å². The van der Waals surface area contributed by atoms with Crippen LogP contribution in [-0.4, -0.2) is 25.5 Å². The second-order valence-corrected chi connectivity index (χ2v) is 5.79. The van der Waals surface area contributed by atoms with Crippen molar-refractivity contribution < 1.29 is 14.3 Å². The van der Waals surface area contributed by atoms with Crippen LogP contribution in [0.1, 0.15) is 21.5 Å². The highest BCUT2D eigenvalue weighted by atomic mass is 35.5. The van der Waals surface area contributed by atoms with Crippen LogP contribution in [0.15, 0.2) is 36.4 Å². The second-order valence-electron chi connectivity index (χ2n) is 5.39. The average Bonchev–Trinajstić information content (AvgIpc) is 2.56. The van der Waals surface area contributed by atoms with Crippen LogP contribution in [0.25, 0.3) is 0 Å². The zero-order chi connectivity index (χ0) is 17.7. The van der Waals surface area contributed by atoms with Gasteiger partial charge in [-0.2, -0.15) is 0 Å². The normalized spacial score (nSPS) is 10.2. The third-order valence-corrected chi connectivity index (χ3v) is 3.95. The van der Waals surface area contributed by atoms with Gasteiger partial charge in [0.15, 0.2) is 0 Å². The van der Waals surface area contributed by atoms with Crippen molar-refractivity contribution in [3.8, 4) is 0 Å². The monoisotopic (exact) mass is 346 g/mol. The van der Waals surface area contributed by atoms with Crippen LogP contribution in [-0.2, 0) is 9.53 Å². The van der Waals surface area contributed by atoms with Gasteiger partial charge in [0.05, 0.1) is 29.9 Å². The molecule has 24 heavy (non-hydrogen) atoms. The fraction of sp³-hybridized carbons (Fsp3) is 0.222. The maximum Gasteiger partial charge on any atom is 0.337 e. The summed E-state index contributed by atoms with van der Waals surface area (Å²) >= 11 is 6.08. The SMILES string of the molecule is COC(=O)c1ccc(Cl)c(NCC(=O)Nc2ccc(C)c(C)c2)c1. The molecule has 0 saturated carbocycles. The number of amides is 1. The number of carbonyl (C=O) groups excluding carboxylic acids is 2. The molecule has 2 N–H and O–H groups in total. The number of anilines is 2. The molecule has 0 atom stereocenters. The summed E-state index contributed by atoms with van der Waals surface area (Å²) in [7, 11) is 1.31. The summed E-state index contributed by atoms with van der Waals surface area (Å²) in [6.45, 7) is 4.03. The van der Waals surface area contributed by atoms with E-state index in [9.17, 15) is 9.59 Å². The fourth-order valence-corrected chi connectivity index (χ4v) is 2.29. The van der Waals surface area contributed by atoms with Crippen molar-refractivity contribution in [3.05, 3.63) is 58.1 Å². The van der Waals surface area contributed by atoms with E-state index < -0.39 is 5.97 Å². The van der Waals surface area contributed by atoms with E-state index in [1.807, 2.05) is 32.0 Å². The zero-order valence-electron chi connectivity index (χ0n) is 13.8. The predicted molar refractivity (Wildman–Crippen MR) is 95.8 cm³/mol. The summed E-state index contributed by atoms with van der Waals surface area (Å²) in [6.07, 6.45) is 0. The van der Waals surface area contributed by atoms with Gasteiger partial charge in [-0.1, -0.05) is 17.7 Å². The Morgan fingerprint density at radius 3 is 2.50 bits per heavy atom. The molecule has 126 valence electrons. The first-order valence-corrected chi connectivity index (χ1v) is 7.77. The first-order chi connectivity index (χ1) is 11.4. The van der Waals surface area contributed by atoms with Gasteiger partial charge in [-0.05, 0) is 55.3 Å². The summed E-state index contributed by atoms with van der Waals surface area (Å²) in [4.78, 5) is 23.6. The number of nitrogens with one attached hydrogen (secondary N) is 2. The van der Waals surface area contributed by atoms with Crippen LogP contribution in [0, 0.1) is 13.8 Å². The zero-order valence-corrected chi connectivity index (χ0v) is 14.5. The van der Waals surface area contributed by atoms with Gasteiger partial charge in [0, 0.05) is 5.69 Å². The molecular weight excluding hydrogens is 328 g/mol. The standard InChI is InChI=1S/C18H19ClN2O3/c1-11-4-6-14(8-12(11)2)21-17(22)10-20-16-9-13(18(23)24-3)5-7-15(16)19/h4-9,20H,10H2,1-3H3,(H,21,22). The number of carbonyl (C=O) groups is 2. The summed E-state index contributed by atoms with van der Waals surface area (Å²) in [5.74, 6) is -0.674. The van der Waals surface area contributed by atoms with E-state index in [0.717, 1.165) is 16.8 Å². The number of esters is 1. The number of hydrogen-bond donors (Lipinski definition) is 2. The Labute approximate surface area is 146 Å². The molecule has 0 spiro atoms. The molecule has 0 aliphatic heterocycles. The van der Waals surface area contributed by atoms with Crippen molar-refractivity contribution in [2.75, 3.05) is 24.3 Å². The third kappa shape index (κ3) is 4.49. The molecule has 0 fully saturated rings. The summed E-state index contributed by atoms with van der Waals surface area (Å²) in [6, 6.07) is 10.4. The summed E-state index contributed by atoms with van der Waals surface area (Å²) < 4.78 is 4.67. The van der Waals surface area contributed by atoms with Gasteiger partial charge in [-0.15, -0.1) is 0 Å². The maximum atomic E-state index is 12.1. The lowest BCUT2D eigenvalue weighted by molar-refractivity contribution is -0.114. The number of methoxy groups -OCH3 is 1. The minimum absolute atomic E-state index is 0.0251. The van der Waals surface area contributed by atoms with E-state index in [4.69, 9.17) is 11.6 Å². The van der Waals surface area contributed by atoms with Gasteiger partial charge in [-0.25, -0.2) is 4.79 Å². The number of halogens is 1. The molecule has 6 heteroatoms. The van der Waals surface area contributed by atoms with Crippen LogP contribution in [0.5, 0.6) is 0 Å². The summed E-state index contributed by atoms with van der Waals surface area (Å²) in [5.41, 5.74) is 3.86. The van der Waals surface area contributed by atoms with Crippen LogP contribution >= 0.6 is 11.6 Å². The van der Waals surface area contributed by atoms with Crippen LogP contribution in [0.2, 0.25) is 5.02 Å². The molecule has 5 nitrogen and oxygen atoms in total. The number of ether oxygens (including phenoxy) is 1. The molecule has 0 bridgehead atoms. The Balaban J connectivity index is 2.00. The average molecular weight is 347 g/mol. The molecule has 2 rings (SSSR count). The van der Waals surface area contributed by atoms with Gasteiger partial charge < -0.3 is 15.4 Å². The highest BCUT2D eigenvalue weighted by Gasteiger charge is 2.10. The van der Waals surface area contributed by atoms with Gasteiger partial charge in [0.1, 0.15) is 0 Å². The molecule has 2 aromatic rings. The lowest BCUT2D eigenvalue weighted by Gasteiger charge is -2.11. The Morgan fingerprint density at radius 1 is 1.08 bits per heavy atom. The van der Waals surface area contributed by atoms with E-state index in [1.165, 1.54) is 7.11 Å². The minimum Gasteiger partial charge on any atom is -0.465 e. The van der Waals surface area contributed by atoms with Gasteiger partial charge >= 0.3 is 5.97 Å². The topological polar surface area (TPSA) is 67.4 Å². The molecular formula is C18H19ClN2O3. The van der Waals surface area contributed by atoms with Crippen LogP contribution < -0.4 is 10.6 Å². The number of rotatable bonds is 5. The number of hydrogen-bond acceptors (Lipinski definition) is 4. The van der Waals surface area contributed by atoms with E-state index in [0.29, 0.717) is 16.3 Å². The Bertz CT molecular complexity index is 775. The van der Waals surface area contributed by atoms with E-state index >= 15 is 0 Å². The number of benzene rings is 2. The molecule has 0 aromatic heterocycles. The highest BCUT2D eigenvalue weighted by Crippen LogP contribution is 2.23. The van der Waals surface area contributed by atoms with Crippen LogP contribution in [0.4, 0.5) is 11.4 Å². The summed E-state index contributed by atoms with van der Waals surface area (Å²) in [5, 5.41) is 6.16. The number of aryl methyl sites for hydroxylation is 2. The highest BCUT2D eigenvalue weighted by molar-refractivity contribution is 6.33. The lowest BCUT2D eigenvalue weighted by Crippen LogP contribution is -2.22. The second kappa shape index (κ2) is 7.84. The molecule has 0 radical (unpaired) electrons. The van der Waals surface area contributed by atoms with E-state index in [1.54, 1.807) is 18.2 Å². The Morgan fingerprint density at radius 2 is 1.83 bits per heavy atom.